The van der Waals surface area contributed by atoms with E-state index in [4.69, 9.17) is 9.47 Å². The van der Waals surface area contributed by atoms with Crippen LogP contribution in [0, 0.1) is 0 Å². The highest BCUT2D eigenvalue weighted by Crippen LogP contribution is 2.35. The molecular formula is C16H19BrN2O4. The molecule has 124 valence electrons. The Hall–Kier alpha value is -2.02. The number of urea groups is 1. The second-order valence-electron chi connectivity index (χ2n) is 5.41. The highest BCUT2D eigenvalue weighted by atomic mass is 79.9. The quantitative estimate of drug-likeness (QED) is 0.784. The van der Waals surface area contributed by atoms with Crippen LogP contribution in [0.4, 0.5) is 4.79 Å². The van der Waals surface area contributed by atoms with Crippen LogP contribution in [0.5, 0.6) is 5.75 Å². The van der Waals surface area contributed by atoms with E-state index in [1.807, 2.05) is 12.1 Å². The largest absolute Gasteiger partial charge is 0.496 e. The van der Waals surface area contributed by atoms with Crippen LogP contribution in [-0.2, 0) is 9.53 Å². The van der Waals surface area contributed by atoms with Gasteiger partial charge in [0.25, 0.3) is 0 Å². The maximum absolute atomic E-state index is 12.5. The summed E-state index contributed by atoms with van der Waals surface area (Å²) in [4.78, 5) is 24.3. The summed E-state index contributed by atoms with van der Waals surface area (Å²) >= 11 is 3.40. The van der Waals surface area contributed by atoms with Gasteiger partial charge in [-0.15, -0.1) is 0 Å². The molecule has 2 amide bonds. The van der Waals surface area contributed by atoms with Crippen molar-refractivity contribution in [2.75, 3.05) is 7.11 Å². The topological polar surface area (TPSA) is 76.7 Å². The first-order chi connectivity index (χ1) is 10.8. The number of carbonyl (C=O) groups excluding carboxylic acids is 2. The molecule has 1 aliphatic rings. The first kappa shape index (κ1) is 17.3. The lowest BCUT2D eigenvalue weighted by atomic mass is 9.95. The molecule has 2 rings (SSSR count). The highest BCUT2D eigenvalue weighted by Gasteiger charge is 2.34. The molecule has 0 radical (unpaired) electrons. The molecule has 1 aromatic rings. The Labute approximate surface area is 143 Å². The Bertz CT molecular complexity index is 670. The van der Waals surface area contributed by atoms with E-state index in [1.54, 1.807) is 26.8 Å². The Morgan fingerprint density at radius 1 is 1.35 bits per heavy atom. The molecule has 1 aliphatic heterocycles. The number of ether oxygens (including phenoxy) is 2. The molecule has 0 fully saturated rings. The molecule has 1 aromatic carbocycles. The minimum Gasteiger partial charge on any atom is -0.496 e. The SMILES string of the molecule is COc1ccc(Br)cc1[C@@H]1NC(=O)NC(C)=C1C(=O)OC(C)C. The van der Waals surface area contributed by atoms with Gasteiger partial charge in [-0.3, -0.25) is 0 Å². The summed E-state index contributed by atoms with van der Waals surface area (Å²) < 4.78 is 11.5. The third-order valence-corrected chi connectivity index (χ3v) is 3.83. The molecular weight excluding hydrogens is 364 g/mol. The molecule has 7 heteroatoms. The van der Waals surface area contributed by atoms with Gasteiger partial charge < -0.3 is 20.1 Å². The third-order valence-electron chi connectivity index (χ3n) is 3.33. The number of halogens is 1. The van der Waals surface area contributed by atoms with Crippen LogP contribution in [0.3, 0.4) is 0 Å². The second kappa shape index (κ2) is 7.04. The van der Waals surface area contributed by atoms with Gasteiger partial charge in [-0.1, -0.05) is 15.9 Å². The van der Waals surface area contributed by atoms with E-state index in [0.717, 1.165) is 4.47 Å². The van der Waals surface area contributed by atoms with E-state index in [2.05, 4.69) is 26.6 Å². The van der Waals surface area contributed by atoms with Crippen molar-refractivity contribution >= 4 is 27.9 Å². The van der Waals surface area contributed by atoms with Gasteiger partial charge in [0.1, 0.15) is 5.75 Å². The number of methoxy groups -OCH3 is 1. The van der Waals surface area contributed by atoms with E-state index in [9.17, 15) is 9.59 Å². The van der Waals surface area contributed by atoms with Gasteiger partial charge in [0.2, 0.25) is 0 Å². The van der Waals surface area contributed by atoms with Crippen LogP contribution in [0.15, 0.2) is 33.9 Å². The maximum Gasteiger partial charge on any atom is 0.338 e. The zero-order valence-electron chi connectivity index (χ0n) is 13.4. The first-order valence-electron chi connectivity index (χ1n) is 7.16. The Balaban J connectivity index is 2.53. The number of benzene rings is 1. The minimum atomic E-state index is -0.651. The van der Waals surface area contributed by atoms with Gasteiger partial charge in [0.15, 0.2) is 0 Å². The average molecular weight is 383 g/mol. The molecule has 23 heavy (non-hydrogen) atoms. The van der Waals surface area contributed by atoms with Crippen molar-refractivity contribution in [2.45, 2.75) is 32.9 Å². The summed E-state index contributed by atoms with van der Waals surface area (Å²) in [5, 5.41) is 5.37. The van der Waals surface area contributed by atoms with Crippen LogP contribution in [0.1, 0.15) is 32.4 Å². The van der Waals surface area contributed by atoms with Gasteiger partial charge in [-0.25, -0.2) is 9.59 Å². The number of hydrogen-bond acceptors (Lipinski definition) is 4. The van der Waals surface area contributed by atoms with Gasteiger partial charge in [0.05, 0.1) is 24.8 Å². The van der Waals surface area contributed by atoms with Gasteiger partial charge >= 0.3 is 12.0 Å². The fraction of sp³-hybridized carbons (Fsp3) is 0.375. The monoisotopic (exact) mass is 382 g/mol. The summed E-state index contributed by atoms with van der Waals surface area (Å²) in [6.07, 6.45) is -0.259. The van der Waals surface area contributed by atoms with Crippen LogP contribution >= 0.6 is 15.9 Å². The Morgan fingerprint density at radius 3 is 2.65 bits per heavy atom. The van der Waals surface area contributed by atoms with Crippen LogP contribution in [-0.4, -0.2) is 25.2 Å². The van der Waals surface area contributed by atoms with Crippen LogP contribution < -0.4 is 15.4 Å². The number of amides is 2. The van der Waals surface area contributed by atoms with E-state index >= 15 is 0 Å². The molecule has 0 bridgehead atoms. The molecule has 0 unspecified atom stereocenters. The number of carbonyl (C=O) groups is 2. The van der Waals surface area contributed by atoms with Gasteiger partial charge in [0, 0.05) is 15.7 Å². The van der Waals surface area contributed by atoms with Crippen molar-refractivity contribution < 1.29 is 19.1 Å². The van der Waals surface area contributed by atoms with E-state index in [0.29, 0.717) is 22.6 Å². The molecule has 0 spiro atoms. The van der Waals surface area contributed by atoms with Gasteiger partial charge in [-0.05, 0) is 39.0 Å². The highest BCUT2D eigenvalue weighted by molar-refractivity contribution is 9.10. The number of rotatable bonds is 4. The average Bonchev–Trinajstić information content (AvgIpc) is 2.45. The fourth-order valence-corrected chi connectivity index (χ4v) is 2.78. The Morgan fingerprint density at radius 2 is 2.04 bits per heavy atom. The van der Waals surface area contributed by atoms with Crippen molar-refractivity contribution in [1.29, 1.82) is 0 Å². The van der Waals surface area contributed by atoms with E-state index in [-0.39, 0.29) is 12.1 Å². The summed E-state index contributed by atoms with van der Waals surface area (Å²) in [7, 11) is 1.54. The zero-order valence-corrected chi connectivity index (χ0v) is 15.0. The number of allylic oxidation sites excluding steroid dienone is 1. The van der Waals surface area contributed by atoms with Crippen LogP contribution in [0.25, 0.3) is 0 Å². The minimum absolute atomic E-state index is 0.259. The molecule has 0 saturated heterocycles. The third kappa shape index (κ3) is 3.85. The standard InChI is InChI=1S/C16H19BrN2O4/c1-8(2)23-15(20)13-9(3)18-16(21)19-14(13)11-7-10(17)5-6-12(11)22-4/h5-8,14H,1-4H3,(H2,18,19,21)/t14-/m0/s1. The lowest BCUT2D eigenvalue weighted by molar-refractivity contribution is -0.143. The first-order valence-corrected chi connectivity index (χ1v) is 7.95. The molecule has 1 atom stereocenters. The number of nitrogens with one attached hydrogen (secondary N) is 2. The van der Waals surface area contributed by atoms with Crippen molar-refractivity contribution in [3.8, 4) is 5.75 Å². The van der Waals surface area contributed by atoms with Crippen molar-refractivity contribution in [2.24, 2.45) is 0 Å². The zero-order chi connectivity index (χ0) is 17.1. The second-order valence-corrected chi connectivity index (χ2v) is 6.33. The predicted molar refractivity (Wildman–Crippen MR) is 89.0 cm³/mol. The maximum atomic E-state index is 12.5. The van der Waals surface area contributed by atoms with Crippen LogP contribution in [0.2, 0.25) is 0 Å². The van der Waals surface area contributed by atoms with Gasteiger partial charge in [-0.2, -0.15) is 0 Å². The molecule has 1 heterocycles. The van der Waals surface area contributed by atoms with Crippen molar-refractivity contribution in [3.63, 3.8) is 0 Å². The predicted octanol–water partition coefficient (Wildman–Crippen LogP) is 3.04. The summed E-state index contributed by atoms with van der Waals surface area (Å²) in [6, 6.07) is 4.38. The lowest BCUT2D eigenvalue weighted by Gasteiger charge is -2.29. The van der Waals surface area contributed by atoms with E-state index in [1.165, 1.54) is 7.11 Å². The summed E-state index contributed by atoms with van der Waals surface area (Å²) in [5.74, 6) is 0.0973. The molecule has 0 aliphatic carbocycles. The number of hydrogen-bond donors (Lipinski definition) is 2. The van der Waals surface area contributed by atoms with Crippen molar-refractivity contribution in [3.05, 3.63) is 39.5 Å². The summed E-state index contributed by atoms with van der Waals surface area (Å²) in [5.41, 5.74) is 1.49. The molecule has 6 nitrogen and oxygen atoms in total. The smallest absolute Gasteiger partial charge is 0.338 e. The molecule has 2 N–H and O–H groups in total. The normalized spacial score (nSPS) is 17.7. The van der Waals surface area contributed by atoms with E-state index < -0.39 is 12.0 Å². The summed E-state index contributed by atoms with van der Waals surface area (Å²) in [6.45, 7) is 5.22. The van der Waals surface area contributed by atoms with Crippen molar-refractivity contribution in [1.82, 2.24) is 10.6 Å². The Kier molecular flexibility index (Phi) is 5.30. The fourth-order valence-electron chi connectivity index (χ4n) is 2.41. The molecule has 0 aromatic heterocycles. The lowest BCUT2D eigenvalue weighted by Crippen LogP contribution is -2.45. The molecule has 0 saturated carbocycles. The number of esters is 1.